The molecule has 0 radical (unpaired) electrons. The number of methoxy groups -OCH3 is 1. The molecule has 140 valence electrons. The first-order valence-electron chi connectivity index (χ1n) is 9.54. The van der Waals surface area contributed by atoms with Crippen molar-refractivity contribution in [1.29, 1.82) is 0 Å². The van der Waals surface area contributed by atoms with Gasteiger partial charge in [-0.3, -0.25) is 4.79 Å². The number of urea groups is 1. The first-order chi connectivity index (χ1) is 12.6. The zero-order valence-electron chi connectivity index (χ0n) is 15.3. The number of carbonyl (C=O) groups excluding carboxylic acids is 2. The number of rotatable bonds is 1. The summed E-state index contributed by atoms with van der Waals surface area (Å²) in [5, 5.41) is 0. The zero-order chi connectivity index (χ0) is 18.1. The van der Waals surface area contributed by atoms with Crippen molar-refractivity contribution in [2.45, 2.75) is 44.1 Å². The van der Waals surface area contributed by atoms with Gasteiger partial charge < -0.3 is 19.3 Å². The van der Waals surface area contributed by atoms with E-state index in [1.54, 1.807) is 13.2 Å². The van der Waals surface area contributed by atoms with Crippen LogP contribution in [-0.4, -0.2) is 60.5 Å². The predicted octanol–water partition coefficient (Wildman–Crippen LogP) is 3.10. The molecule has 3 heterocycles. The molecule has 0 aliphatic carbocycles. The summed E-state index contributed by atoms with van der Waals surface area (Å²) in [7, 11) is 1.59. The fraction of sp³-hybridized carbons (Fsp3) is 0.600. The van der Waals surface area contributed by atoms with E-state index >= 15 is 0 Å². The number of Topliss-reactive ketones (excluding diaryl/α,β-unsaturated/α-hetero) is 1. The van der Waals surface area contributed by atoms with Crippen LogP contribution in [0.1, 0.15) is 48.9 Å². The molecule has 3 aliphatic heterocycles. The quantitative estimate of drug-likeness (QED) is 0.774. The third kappa shape index (κ3) is 3.13. The summed E-state index contributed by atoms with van der Waals surface area (Å²) in [5.74, 6) is 1.40. The molecule has 26 heavy (non-hydrogen) atoms. The standard InChI is InChI=1S/C20H26N2O4/c1-25-15-5-6-18-16(13-15)17(23)14-20(26-18)7-11-22(12-8-20)19(24)21-9-3-2-4-10-21/h5-6,13H,2-4,7-12,14H2,1H3. The van der Waals surface area contributed by atoms with Crippen molar-refractivity contribution >= 4 is 11.8 Å². The Morgan fingerprint density at radius 1 is 1.08 bits per heavy atom. The molecule has 2 fully saturated rings. The van der Waals surface area contributed by atoms with E-state index in [0.717, 1.165) is 25.9 Å². The Bertz CT molecular complexity index is 704. The van der Waals surface area contributed by atoms with Gasteiger partial charge in [0.25, 0.3) is 0 Å². The highest BCUT2D eigenvalue weighted by molar-refractivity contribution is 6.00. The van der Waals surface area contributed by atoms with E-state index in [4.69, 9.17) is 9.47 Å². The van der Waals surface area contributed by atoms with Crippen LogP contribution in [0.4, 0.5) is 4.79 Å². The molecule has 0 aromatic heterocycles. The van der Waals surface area contributed by atoms with Gasteiger partial charge in [0.1, 0.15) is 17.1 Å². The monoisotopic (exact) mass is 358 g/mol. The van der Waals surface area contributed by atoms with Crippen LogP contribution in [-0.2, 0) is 0 Å². The van der Waals surface area contributed by atoms with Crippen LogP contribution >= 0.6 is 0 Å². The van der Waals surface area contributed by atoms with Crippen molar-refractivity contribution in [3.8, 4) is 11.5 Å². The second kappa shape index (κ2) is 6.82. The maximum atomic E-state index is 12.7. The Balaban J connectivity index is 1.43. The number of amides is 2. The number of piperidine rings is 2. The van der Waals surface area contributed by atoms with Gasteiger partial charge in [0, 0.05) is 39.0 Å². The number of hydrogen-bond acceptors (Lipinski definition) is 4. The van der Waals surface area contributed by atoms with Crippen LogP contribution in [0.3, 0.4) is 0 Å². The molecule has 1 aromatic rings. The van der Waals surface area contributed by atoms with E-state index in [2.05, 4.69) is 0 Å². The van der Waals surface area contributed by atoms with Crippen LogP contribution in [0, 0.1) is 0 Å². The van der Waals surface area contributed by atoms with Crippen LogP contribution in [0.5, 0.6) is 11.5 Å². The normalized spacial score (nSPS) is 22.0. The largest absolute Gasteiger partial charge is 0.497 e. The van der Waals surface area contributed by atoms with E-state index < -0.39 is 5.60 Å². The fourth-order valence-corrected chi connectivity index (χ4v) is 4.27. The molecule has 6 nitrogen and oxygen atoms in total. The van der Waals surface area contributed by atoms with Crippen molar-refractivity contribution in [1.82, 2.24) is 9.80 Å². The smallest absolute Gasteiger partial charge is 0.320 e. The maximum absolute atomic E-state index is 12.7. The highest BCUT2D eigenvalue weighted by Crippen LogP contribution is 2.40. The number of ketones is 1. The van der Waals surface area contributed by atoms with Crippen molar-refractivity contribution in [3.05, 3.63) is 23.8 Å². The average Bonchev–Trinajstić information content (AvgIpc) is 2.68. The minimum Gasteiger partial charge on any atom is -0.497 e. The molecule has 4 rings (SSSR count). The SMILES string of the molecule is COc1ccc2c(c1)C(=O)CC1(CCN(C(=O)N3CCCCC3)CC1)O2. The second-order valence-corrected chi connectivity index (χ2v) is 7.56. The lowest BCUT2D eigenvalue weighted by Gasteiger charge is -2.45. The summed E-state index contributed by atoms with van der Waals surface area (Å²) in [6.45, 7) is 3.03. The van der Waals surface area contributed by atoms with Crippen molar-refractivity contribution < 1.29 is 19.1 Å². The Morgan fingerprint density at radius 3 is 2.46 bits per heavy atom. The van der Waals surface area contributed by atoms with E-state index in [0.29, 0.717) is 49.4 Å². The number of nitrogens with zero attached hydrogens (tertiary/aromatic N) is 2. The van der Waals surface area contributed by atoms with Crippen molar-refractivity contribution in [2.75, 3.05) is 33.3 Å². The topological polar surface area (TPSA) is 59.1 Å². The first kappa shape index (κ1) is 17.2. The molecule has 0 atom stereocenters. The predicted molar refractivity (Wildman–Crippen MR) is 96.9 cm³/mol. The minimum absolute atomic E-state index is 0.0981. The second-order valence-electron chi connectivity index (χ2n) is 7.56. The Morgan fingerprint density at radius 2 is 1.77 bits per heavy atom. The molecule has 0 saturated carbocycles. The third-order valence-corrected chi connectivity index (χ3v) is 5.87. The minimum atomic E-state index is -0.475. The summed E-state index contributed by atoms with van der Waals surface area (Å²) >= 11 is 0. The number of likely N-dealkylation sites (tertiary alicyclic amines) is 2. The number of fused-ring (bicyclic) bond motifs is 1. The average molecular weight is 358 g/mol. The molecular formula is C20H26N2O4. The lowest BCUT2D eigenvalue weighted by atomic mass is 9.82. The summed E-state index contributed by atoms with van der Waals surface area (Å²) in [6.07, 6.45) is 5.18. The summed E-state index contributed by atoms with van der Waals surface area (Å²) in [4.78, 5) is 29.2. The summed E-state index contributed by atoms with van der Waals surface area (Å²) < 4.78 is 11.5. The van der Waals surface area contributed by atoms with Gasteiger partial charge in [0.2, 0.25) is 0 Å². The molecule has 2 saturated heterocycles. The fourth-order valence-electron chi connectivity index (χ4n) is 4.27. The molecule has 1 spiro atoms. The molecule has 6 heteroatoms. The van der Waals surface area contributed by atoms with E-state index in [-0.39, 0.29) is 11.8 Å². The maximum Gasteiger partial charge on any atom is 0.320 e. The van der Waals surface area contributed by atoms with E-state index in [1.807, 2.05) is 21.9 Å². The molecular weight excluding hydrogens is 332 g/mol. The van der Waals surface area contributed by atoms with Crippen LogP contribution < -0.4 is 9.47 Å². The van der Waals surface area contributed by atoms with Crippen LogP contribution in [0.2, 0.25) is 0 Å². The molecule has 3 aliphatic rings. The lowest BCUT2D eigenvalue weighted by molar-refractivity contribution is -0.00423. The van der Waals surface area contributed by atoms with E-state index in [9.17, 15) is 9.59 Å². The van der Waals surface area contributed by atoms with Crippen molar-refractivity contribution in [2.24, 2.45) is 0 Å². The van der Waals surface area contributed by atoms with Crippen LogP contribution in [0.15, 0.2) is 18.2 Å². The summed E-state index contributed by atoms with van der Waals surface area (Å²) in [6, 6.07) is 5.53. The van der Waals surface area contributed by atoms with Gasteiger partial charge in [-0.25, -0.2) is 4.79 Å². The zero-order valence-corrected chi connectivity index (χ0v) is 15.3. The number of hydrogen-bond donors (Lipinski definition) is 0. The lowest BCUT2D eigenvalue weighted by Crippen LogP contribution is -2.55. The van der Waals surface area contributed by atoms with E-state index in [1.165, 1.54) is 6.42 Å². The highest BCUT2D eigenvalue weighted by atomic mass is 16.5. The Labute approximate surface area is 154 Å². The van der Waals surface area contributed by atoms with Gasteiger partial charge in [-0.15, -0.1) is 0 Å². The Kier molecular flexibility index (Phi) is 4.51. The first-order valence-corrected chi connectivity index (χ1v) is 9.54. The van der Waals surface area contributed by atoms with Gasteiger partial charge in [-0.05, 0) is 37.5 Å². The third-order valence-electron chi connectivity index (χ3n) is 5.87. The number of carbonyl (C=O) groups is 2. The molecule has 0 unspecified atom stereocenters. The number of ether oxygens (including phenoxy) is 2. The van der Waals surface area contributed by atoms with Gasteiger partial charge in [-0.1, -0.05) is 0 Å². The van der Waals surface area contributed by atoms with Crippen LogP contribution in [0.25, 0.3) is 0 Å². The summed E-state index contributed by atoms with van der Waals surface area (Å²) in [5.41, 5.74) is 0.124. The van der Waals surface area contributed by atoms with Gasteiger partial charge >= 0.3 is 6.03 Å². The molecule has 1 aromatic carbocycles. The molecule has 0 bridgehead atoms. The Hall–Kier alpha value is -2.24. The van der Waals surface area contributed by atoms with Gasteiger partial charge in [0.15, 0.2) is 5.78 Å². The molecule has 0 N–H and O–H groups in total. The molecule has 2 amide bonds. The van der Waals surface area contributed by atoms with Gasteiger partial charge in [0.05, 0.1) is 19.1 Å². The number of benzene rings is 1. The van der Waals surface area contributed by atoms with Crippen molar-refractivity contribution in [3.63, 3.8) is 0 Å². The van der Waals surface area contributed by atoms with Gasteiger partial charge in [-0.2, -0.15) is 0 Å². The highest BCUT2D eigenvalue weighted by Gasteiger charge is 2.44.